The van der Waals surface area contributed by atoms with Gasteiger partial charge >= 0.3 is 0 Å². The van der Waals surface area contributed by atoms with Crippen LogP contribution in [0.25, 0.3) is 10.2 Å². The summed E-state index contributed by atoms with van der Waals surface area (Å²) in [6.45, 7) is 4.80. The first-order valence-electron chi connectivity index (χ1n) is 6.29. The first-order valence-corrected chi connectivity index (χ1v) is 7.10. The van der Waals surface area contributed by atoms with Gasteiger partial charge in [0.15, 0.2) is 0 Å². The summed E-state index contributed by atoms with van der Waals surface area (Å²) in [4.78, 5) is 11.0. The second-order valence-electron chi connectivity index (χ2n) is 4.72. The van der Waals surface area contributed by atoms with Crippen LogP contribution in [0.15, 0.2) is 12.5 Å². The number of hydrogen-bond donors (Lipinski definition) is 2. The Morgan fingerprint density at radius 2 is 2.15 bits per heavy atom. The molecule has 0 atom stereocenters. The van der Waals surface area contributed by atoms with E-state index in [4.69, 9.17) is 5.73 Å². The third-order valence-electron chi connectivity index (χ3n) is 3.48. The van der Waals surface area contributed by atoms with Crippen LogP contribution in [-0.4, -0.2) is 19.7 Å². The van der Waals surface area contributed by atoms with Gasteiger partial charge in [0.25, 0.3) is 0 Å². The van der Waals surface area contributed by atoms with Crippen LogP contribution < -0.4 is 11.1 Å². The fraction of sp³-hybridized carbons (Fsp3) is 0.308. The lowest BCUT2D eigenvalue weighted by atomic mass is 10.2. The molecule has 20 heavy (non-hydrogen) atoms. The van der Waals surface area contributed by atoms with Crippen LogP contribution in [-0.2, 0) is 13.6 Å². The third kappa shape index (κ3) is 2.00. The molecule has 3 rings (SSSR count). The van der Waals surface area contributed by atoms with Crippen LogP contribution in [0, 0.1) is 13.8 Å². The van der Waals surface area contributed by atoms with Crippen LogP contribution in [0.2, 0.25) is 0 Å². The number of aryl methyl sites for hydroxylation is 3. The van der Waals surface area contributed by atoms with Crippen LogP contribution in [0.4, 0.5) is 11.6 Å². The van der Waals surface area contributed by atoms with Gasteiger partial charge in [-0.2, -0.15) is 5.10 Å². The average Bonchev–Trinajstić information content (AvgIpc) is 2.90. The number of rotatable bonds is 3. The smallest absolute Gasteiger partial charge is 0.138 e. The largest absolute Gasteiger partial charge is 0.384 e. The van der Waals surface area contributed by atoms with E-state index in [0.717, 1.165) is 21.6 Å². The van der Waals surface area contributed by atoms with E-state index in [1.54, 1.807) is 28.5 Å². The van der Waals surface area contributed by atoms with Crippen molar-refractivity contribution in [1.29, 1.82) is 0 Å². The van der Waals surface area contributed by atoms with Gasteiger partial charge in [-0.1, -0.05) is 0 Å². The molecule has 3 heterocycles. The van der Waals surface area contributed by atoms with Crippen molar-refractivity contribution in [3.63, 3.8) is 0 Å². The molecule has 0 aliphatic heterocycles. The maximum Gasteiger partial charge on any atom is 0.138 e. The van der Waals surface area contributed by atoms with Crippen molar-refractivity contribution in [1.82, 2.24) is 19.7 Å². The van der Waals surface area contributed by atoms with E-state index < -0.39 is 0 Å². The van der Waals surface area contributed by atoms with E-state index in [0.29, 0.717) is 12.4 Å². The van der Waals surface area contributed by atoms with Gasteiger partial charge in [-0.3, -0.25) is 4.68 Å². The van der Waals surface area contributed by atoms with Gasteiger partial charge in [0.05, 0.1) is 11.6 Å². The minimum atomic E-state index is 0.597. The van der Waals surface area contributed by atoms with Crippen LogP contribution in [0.3, 0.4) is 0 Å². The van der Waals surface area contributed by atoms with Crippen molar-refractivity contribution < 1.29 is 0 Å². The van der Waals surface area contributed by atoms with Gasteiger partial charge in [0.1, 0.15) is 22.8 Å². The molecule has 0 saturated carbocycles. The Bertz CT molecular complexity index is 773. The lowest BCUT2D eigenvalue weighted by molar-refractivity contribution is 0.778. The summed E-state index contributed by atoms with van der Waals surface area (Å²) in [7, 11) is 1.83. The summed E-state index contributed by atoms with van der Waals surface area (Å²) >= 11 is 1.69. The predicted molar refractivity (Wildman–Crippen MR) is 81.8 cm³/mol. The molecule has 7 heteroatoms. The highest BCUT2D eigenvalue weighted by molar-refractivity contribution is 7.18. The Hall–Kier alpha value is -2.15. The molecule has 0 radical (unpaired) electrons. The highest BCUT2D eigenvalue weighted by atomic mass is 32.1. The fourth-order valence-electron chi connectivity index (χ4n) is 2.12. The van der Waals surface area contributed by atoms with Gasteiger partial charge < -0.3 is 11.1 Å². The molecule has 0 saturated heterocycles. The molecule has 0 bridgehead atoms. The molecule has 0 amide bonds. The van der Waals surface area contributed by atoms with Crippen LogP contribution >= 0.6 is 11.3 Å². The summed E-state index contributed by atoms with van der Waals surface area (Å²) in [5.74, 6) is 1.51. The first kappa shape index (κ1) is 12.9. The summed E-state index contributed by atoms with van der Waals surface area (Å²) < 4.78 is 1.66. The number of anilines is 2. The molecule has 6 nitrogen and oxygen atoms in total. The number of nitrogens with two attached hydrogens (primary N) is 1. The van der Waals surface area contributed by atoms with Crippen molar-refractivity contribution in [2.24, 2.45) is 7.05 Å². The third-order valence-corrected chi connectivity index (χ3v) is 4.59. The molecule has 104 valence electrons. The number of nitrogen functional groups attached to an aromatic ring is 1. The number of aromatic nitrogens is 4. The second-order valence-corrected chi connectivity index (χ2v) is 5.92. The lowest BCUT2D eigenvalue weighted by Gasteiger charge is -2.07. The summed E-state index contributed by atoms with van der Waals surface area (Å²) in [5.41, 5.74) is 8.13. The van der Waals surface area contributed by atoms with Gasteiger partial charge in [-0.25, -0.2) is 9.97 Å². The Labute approximate surface area is 120 Å². The molecule has 3 aromatic heterocycles. The Kier molecular flexibility index (Phi) is 3.06. The Morgan fingerprint density at radius 1 is 1.35 bits per heavy atom. The van der Waals surface area contributed by atoms with Crippen molar-refractivity contribution in [3.8, 4) is 0 Å². The second kappa shape index (κ2) is 4.75. The number of fused-ring (bicyclic) bond motifs is 1. The fourth-order valence-corrected chi connectivity index (χ4v) is 3.12. The quantitative estimate of drug-likeness (QED) is 0.772. The van der Waals surface area contributed by atoms with Crippen molar-refractivity contribution in [3.05, 3.63) is 28.5 Å². The summed E-state index contributed by atoms with van der Waals surface area (Å²) in [5, 5.41) is 8.56. The van der Waals surface area contributed by atoms with Crippen molar-refractivity contribution >= 4 is 33.2 Å². The molecule has 0 aliphatic rings. The number of nitrogens with zero attached hydrogens (tertiary/aromatic N) is 4. The van der Waals surface area contributed by atoms with Gasteiger partial charge in [-0.15, -0.1) is 11.3 Å². The predicted octanol–water partition coefficient (Wildman–Crippen LogP) is 2.24. The van der Waals surface area contributed by atoms with E-state index in [2.05, 4.69) is 34.2 Å². The van der Waals surface area contributed by atoms with E-state index >= 15 is 0 Å². The molecule has 0 spiro atoms. The molecular formula is C13H16N6S. The van der Waals surface area contributed by atoms with E-state index in [1.165, 1.54) is 10.4 Å². The monoisotopic (exact) mass is 288 g/mol. The minimum absolute atomic E-state index is 0.597. The SMILES string of the molecule is Cc1sc2ncnc(NCc3cnn(C)c3N)c2c1C. The van der Waals surface area contributed by atoms with Crippen LogP contribution in [0.5, 0.6) is 0 Å². The molecule has 0 unspecified atom stereocenters. The van der Waals surface area contributed by atoms with Gasteiger partial charge in [0.2, 0.25) is 0 Å². The zero-order chi connectivity index (χ0) is 14.3. The van der Waals surface area contributed by atoms with E-state index in [1.807, 2.05) is 7.05 Å². The topological polar surface area (TPSA) is 81.7 Å². The van der Waals surface area contributed by atoms with Gasteiger partial charge in [0, 0.05) is 24.0 Å². The minimum Gasteiger partial charge on any atom is -0.384 e. The number of nitrogens with one attached hydrogen (secondary N) is 1. The normalized spacial score (nSPS) is 11.2. The highest BCUT2D eigenvalue weighted by Crippen LogP contribution is 2.32. The lowest BCUT2D eigenvalue weighted by Crippen LogP contribution is -2.05. The summed E-state index contributed by atoms with van der Waals surface area (Å²) in [6, 6.07) is 0. The molecular weight excluding hydrogens is 272 g/mol. The molecule has 0 aromatic carbocycles. The average molecular weight is 288 g/mol. The highest BCUT2D eigenvalue weighted by Gasteiger charge is 2.12. The zero-order valence-electron chi connectivity index (χ0n) is 11.6. The number of hydrogen-bond acceptors (Lipinski definition) is 6. The maximum absolute atomic E-state index is 5.94. The molecule has 0 aliphatic carbocycles. The molecule has 0 fully saturated rings. The standard InChI is InChI=1S/C13H16N6S/c1-7-8(2)20-13-10(7)12(16-6-17-13)15-4-9-5-18-19(3)11(9)14/h5-6H,4,14H2,1-3H3,(H,15,16,17). The Balaban J connectivity index is 1.93. The molecule has 3 aromatic rings. The maximum atomic E-state index is 5.94. The number of thiophene rings is 1. The van der Waals surface area contributed by atoms with Crippen molar-refractivity contribution in [2.45, 2.75) is 20.4 Å². The van der Waals surface area contributed by atoms with Gasteiger partial charge in [-0.05, 0) is 19.4 Å². The van der Waals surface area contributed by atoms with E-state index in [-0.39, 0.29) is 0 Å². The molecule has 3 N–H and O–H groups in total. The van der Waals surface area contributed by atoms with Crippen LogP contribution in [0.1, 0.15) is 16.0 Å². The summed E-state index contributed by atoms with van der Waals surface area (Å²) in [6.07, 6.45) is 3.36. The van der Waals surface area contributed by atoms with E-state index in [9.17, 15) is 0 Å². The first-order chi connectivity index (χ1) is 9.58. The Morgan fingerprint density at radius 3 is 2.85 bits per heavy atom. The zero-order valence-corrected chi connectivity index (χ0v) is 12.5. The van der Waals surface area contributed by atoms with Crippen molar-refractivity contribution in [2.75, 3.05) is 11.1 Å².